The number of nitrogens with zero attached hydrogens (tertiary/aromatic N) is 2. The molecule has 1 saturated heterocycles. The first-order valence-corrected chi connectivity index (χ1v) is 7.52. The highest BCUT2D eigenvalue weighted by molar-refractivity contribution is 5.03. The topological polar surface area (TPSA) is 48.3 Å². The van der Waals surface area contributed by atoms with Gasteiger partial charge in [-0.05, 0) is 58.7 Å². The molecule has 0 spiro atoms. The summed E-state index contributed by atoms with van der Waals surface area (Å²) >= 11 is 0. The molecular weight excluding hydrogens is 238 g/mol. The van der Waals surface area contributed by atoms with Gasteiger partial charge in [-0.25, -0.2) is 0 Å². The third kappa shape index (κ3) is 6.38. The Morgan fingerprint density at radius 2 is 2.32 bits per heavy atom. The van der Waals surface area contributed by atoms with Crippen molar-refractivity contribution in [2.24, 2.45) is 5.92 Å². The van der Waals surface area contributed by atoms with Gasteiger partial charge in [-0.1, -0.05) is 6.92 Å². The molecule has 0 radical (unpaired) electrons. The second-order valence-corrected chi connectivity index (χ2v) is 5.92. The molecule has 0 bridgehead atoms. The largest absolute Gasteiger partial charge is 0.381 e. The van der Waals surface area contributed by atoms with Gasteiger partial charge in [0.2, 0.25) is 0 Å². The lowest BCUT2D eigenvalue weighted by atomic mass is 9.97. The molecule has 1 fully saturated rings. The zero-order valence-electron chi connectivity index (χ0n) is 12.7. The predicted molar refractivity (Wildman–Crippen MR) is 78.0 cm³/mol. The van der Waals surface area contributed by atoms with Crippen LogP contribution in [0.15, 0.2) is 0 Å². The molecule has 4 heteroatoms. The molecule has 1 rings (SSSR count). The number of hydrogen-bond donors (Lipinski definition) is 1. The summed E-state index contributed by atoms with van der Waals surface area (Å²) in [6.45, 7) is 8.90. The van der Waals surface area contributed by atoms with Crippen LogP contribution in [-0.4, -0.2) is 50.3 Å². The third-order valence-electron chi connectivity index (χ3n) is 3.85. The van der Waals surface area contributed by atoms with E-state index in [-0.39, 0.29) is 5.54 Å². The fourth-order valence-corrected chi connectivity index (χ4v) is 2.76. The monoisotopic (exact) mass is 267 g/mol. The van der Waals surface area contributed by atoms with Crippen molar-refractivity contribution in [3.63, 3.8) is 0 Å². The van der Waals surface area contributed by atoms with E-state index < -0.39 is 0 Å². The van der Waals surface area contributed by atoms with E-state index in [2.05, 4.69) is 23.3 Å². The van der Waals surface area contributed by atoms with Crippen molar-refractivity contribution >= 4 is 0 Å². The van der Waals surface area contributed by atoms with Crippen LogP contribution in [0.3, 0.4) is 0 Å². The Hall–Kier alpha value is -0.630. The van der Waals surface area contributed by atoms with Crippen molar-refractivity contribution in [1.82, 2.24) is 10.2 Å². The average Bonchev–Trinajstić information content (AvgIpc) is 2.40. The fourth-order valence-electron chi connectivity index (χ4n) is 2.76. The standard InChI is InChI=1S/C15H29N3O/c1-4-17-15(2,13-16)8-6-9-18(3)11-14-7-5-10-19-12-14/h14,17H,4-12H2,1-3H3. The van der Waals surface area contributed by atoms with E-state index in [1.807, 2.05) is 13.8 Å². The summed E-state index contributed by atoms with van der Waals surface area (Å²) in [5.74, 6) is 0.690. The van der Waals surface area contributed by atoms with E-state index in [1.54, 1.807) is 0 Å². The van der Waals surface area contributed by atoms with Crippen LogP contribution in [-0.2, 0) is 4.74 Å². The summed E-state index contributed by atoms with van der Waals surface area (Å²) in [7, 11) is 2.17. The van der Waals surface area contributed by atoms with Crippen molar-refractivity contribution < 1.29 is 4.74 Å². The predicted octanol–water partition coefficient (Wildman–Crippen LogP) is 2.02. The maximum Gasteiger partial charge on any atom is 0.103 e. The van der Waals surface area contributed by atoms with Gasteiger partial charge in [-0.2, -0.15) is 5.26 Å². The second-order valence-electron chi connectivity index (χ2n) is 5.92. The summed E-state index contributed by atoms with van der Waals surface area (Å²) in [5, 5.41) is 12.5. The molecule has 1 aliphatic heterocycles. The van der Waals surface area contributed by atoms with Crippen LogP contribution >= 0.6 is 0 Å². The first-order valence-electron chi connectivity index (χ1n) is 7.52. The Morgan fingerprint density at radius 1 is 1.53 bits per heavy atom. The van der Waals surface area contributed by atoms with Crippen molar-refractivity contribution in [2.45, 2.75) is 45.1 Å². The van der Waals surface area contributed by atoms with Crippen LogP contribution in [0.25, 0.3) is 0 Å². The number of nitriles is 1. The lowest BCUT2D eigenvalue weighted by Gasteiger charge is -2.28. The molecule has 0 aliphatic carbocycles. The molecule has 2 unspecified atom stereocenters. The Labute approximate surface area is 118 Å². The van der Waals surface area contributed by atoms with Crippen LogP contribution in [0.5, 0.6) is 0 Å². The summed E-state index contributed by atoms with van der Waals surface area (Å²) in [4.78, 5) is 2.38. The second kappa shape index (κ2) is 8.52. The van der Waals surface area contributed by atoms with E-state index in [1.165, 1.54) is 12.8 Å². The van der Waals surface area contributed by atoms with Crippen LogP contribution in [0.2, 0.25) is 0 Å². The number of hydrogen-bond acceptors (Lipinski definition) is 4. The SMILES string of the molecule is CCNC(C)(C#N)CCCN(C)CC1CCCOC1. The van der Waals surface area contributed by atoms with Crippen molar-refractivity contribution in [3.8, 4) is 6.07 Å². The zero-order valence-corrected chi connectivity index (χ0v) is 12.7. The molecule has 0 amide bonds. The van der Waals surface area contributed by atoms with E-state index in [0.29, 0.717) is 5.92 Å². The molecule has 1 N–H and O–H groups in total. The van der Waals surface area contributed by atoms with Gasteiger partial charge in [0.15, 0.2) is 0 Å². The minimum Gasteiger partial charge on any atom is -0.381 e. The van der Waals surface area contributed by atoms with Gasteiger partial charge in [0.25, 0.3) is 0 Å². The molecule has 0 aromatic carbocycles. The number of nitrogens with one attached hydrogen (secondary N) is 1. The van der Waals surface area contributed by atoms with Gasteiger partial charge < -0.3 is 9.64 Å². The van der Waals surface area contributed by atoms with Gasteiger partial charge in [-0.15, -0.1) is 0 Å². The Balaban J connectivity index is 2.18. The molecule has 19 heavy (non-hydrogen) atoms. The normalized spacial score (nSPS) is 23.0. The molecule has 4 nitrogen and oxygen atoms in total. The third-order valence-corrected chi connectivity index (χ3v) is 3.85. The molecule has 1 aliphatic rings. The molecule has 1 heterocycles. The molecule has 110 valence electrons. The van der Waals surface area contributed by atoms with E-state index >= 15 is 0 Å². The zero-order chi connectivity index (χ0) is 14.1. The minimum atomic E-state index is -0.371. The molecular formula is C15H29N3O. The van der Waals surface area contributed by atoms with E-state index in [0.717, 1.165) is 45.7 Å². The highest BCUT2D eigenvalue weighted by Crippen LogP contribution is 2.16. The lowest BCUT2D eigenvalue weighted by molar-refractivity contribution is 0.0417. The maximum absolute atomic E-state index is 9.20. The van der Waals surface area contributed by atoms with Crippen molar-refractivity contribution in [2.75, 3.05) is 39.9 Å². The van der Waals surface area contributed by atoms with Gasteiger partial charge in [0, 0.05) is 13.2 Å². The van der Waals surface area contributed by atoms with Crippen molar-refractivity contribution in [3.05, 3.63) is 0 Å². The molecule has 0 aromatic rings. The van der Waals surface area contributed by atoms with E-state index in [9.17, 15) is 5.26 Å². The van der Waals surface area contributed by atoms with Crippen LogP contribution in [0.1, 0.15) is 39.5 Å². The number of rotatable bonds is 8. The van der Waals surface area contributed by atoms with Crippen molar-refractivity contribution in [1.29, 1.82) is 5.26 Å². The van der Waals surface area contributed by atoms with Crippen LogP contribution in [0, 0.1) is 17.2 Å². The first-order chi connectivity index (χ1) is 9.09. The van der Waals surface area contributed by atoms with E-state index in [4.69, 9.17) is 4.74 Å². The lowest BCUT2D eigenvalue weighted by Crippen LogP contribution is -2.41. The fraction of sp³-hybridized carbons (Fsp3) is 0.933. The molecule has 2 atom stereocenters. The van der Waals surface area contributed by atoms with Gasteiger partial charge in [0.05, 0.1) is 12.7 Å². The molecule has 0 aromatic heterocycles. The Bertz CT molecular complexity index is 284. The summed E-state index contributed by atoms with van der Waals surface area (Å²) in [5.41, 5.74) is -0.371. The Kier molecular flexibility index (Phi) is 7.37. The summed E-state index contributed by atoms with van der Waals surface area (Å²) in [6.07, 6.45) is 4.45. The Morgan fingerprint density at radius 3 is 2.89 bits per heavy atom. The summed E-state index contributed by atoms with van der Waals surface area (Å²) in [6, 6.07) is 2.38. The maximum atomic E-state index is 9.20. The first kappa shape index (κ1) is 16.4. The van der Waals surface area contributed by atoms with Crippen LogP contribution < -0.4 is 5.32 Å². The highest BCUT2D eigenvalue weighted by atomic mass is 16.5. The van der Waals surface area contributed by atoms with Gasteiger partial charge in [0.1, 0.15) is 5.54 Å². The van der Waals surface area contributed by atoms with Gasteiger partial charge in [-0.3, -0.25) is 5.32 Å². The number of ether oxygens (including phenoxy) is 1. The quantitative estimate of drug-likeness (QED) is 0.731. The molecule has 0 saturated carbocycles. The average molecular weight is 267 g/mol. The van der Waals surface area contributed by atoms with Gasteiger partial charge >= 0.3 is 0 Å². The minimum absolute atomic E-state index is 0.371. The van der Waals surface area contributed by atoms with Crippen LogP contribution in [0.4, 0.5) is 0 Å². The highest BCUT2D eigenvalue weighted by Gasteiger charge is 2.22. The summed E-state index contributed by atoms with van der Waals surface area (Å²) < 4.78 is 5.51. The smallest absolute Gasteiger partial charge is 0.103 e.